The molecule has 0 unspecified atom stereocenters. The molecule has 1 aromatic rings. The summed E-state index contributed by atoms with van der Waals surface area (Å²) in [6.07, 6.45) is 7.14. The monoisotopic (exact) mass is 332 g/mol. The number of pyridine rings is 1. The Hall–Kier alpha value is -1.82. The van der Waals surface area contributed by atoms with E-state index in [9.17, 15) is 4.79 Å². The summed E-state index contributed by atoms with van der Waals surface area (Å²) in [5, 5.41) is 3.08. The van der Waals surface area contributed by atoms with Gasteiger partial charge in [-0.1, -0.05) is 0 Å². The maximum absolute atomic E-state index is 12.2. The van der Waals surface area contributed by atoms with Gasteiger partial charge in [0.15, 0.2) is 0 Å². The number of hydrogen-bond acceptors (Lipinski definition) is 4. The van der Waals surface area contributed by atoms with Crippen molar-refractivity contribution >= 4 is 11.7 Å². The van der Waals surface area contributed by atoms with Gasteiger partial charge < -0.3 is 19.9 Å². The first-order chi connectivity index (χ1) is 11.7. The second kappa shape index (κ2) is 8.33. The molecular weight excluding hydrogens is 304 g/mol. The van der Waals surface area contributed by atoms with Gasteiger partial charge in [0.25, 0.3) is 0 Å². The highest BCUT2D eigenvalue weighted by Gasteiger charge is 2.24. The van der Waals surface area contributed by atoms with Gasteiger partial charge in [-0.3, -0.25) is 4.98 Å². The normalized spacial score (nSPS) is 22.5. The van der Waals surface area contributed by atoms with Crippen LogP contribution < -0.4 is 10.2 Å². The summed E-state index contributed by atoms with van der Waals surface area (Å²) in [6, 6.07) is 4.37. The lowest BCUT2D eigenvalue weighted by molar-refractivity contribution is 0.0190. The van der Waals surface area contributed by atoms with E-state index in [-0.39, 0.29) is 12.1 Å². The maximum atomic E-state index is 12.2. The Balaban J connectivity index is 1.35. The van der Waals surface area contributed by atoms with Crippen LogP contribution in [-0.4, -0.2) is 61.3 Å². The van der Waals surface area contributed by atoms with E-state index in [1.807, 2.05) is 24.2 Å². The molecule has 1 atom stereocenters. The number of rotatable bonds is 4. The van der Waals surface area contributed by atoms with Crippen LogP contribution in [0.15, 0.2) is 24.5 Å². The number of aromatic nitrogens is 1. The van der Waals surface area contributed by atoms with Crippen LogP contribution in [-0.2, 0) is 4.74 Å². The molecule has 0 bridgehead atoms. The highest BCUT2D eigenvalue weighted by atomic mass is 16.5. The minimum Gasteiger partial charge on any atom is -0.377 e. The standard InChI is InChI=1S/C18H28N4O2/c1-15-14-24-13-12-22(15)18(23)20-9-2-16-5-10-21(11-6-16)17-3-7-19-8-4-17/h3-4,7-8,15-16H,2,5-6,9-14H2,1H3,(H,20,23)/t15-/m1/s1. The fourth-order valence-corrected chi connectivity index (χ4v) is 3.55. The Morgan fingerprint density at radius 2 is 2.04 bits per heavy atom. The fourth-order valence-electron chi connectivity index (χ4n) is 3.55. The second-order valence-electron chi connectivity index (χ2n) is 6.77. The number of nitrogens with one attached hydrogen (secondary N) is 1. The maximum Gasteiger partial charge on any atom is 0.317 e. The van der Waals surface area contributed by atoms with Crippen molar-refractivity contribution in [3.8, 4) is 0 Å². The van der Waals surface area contributed by atoms with E-state index in [4.69, 9.17) is 4.74 Å². The van der Waals surface area contributed by atoms with Crippen molar-refractivity contribution in [1.29, 1.82) is 0 Å². The Kier molecular flexibility index (Phi) is 5.91. The van der Waals surface area contributed by atoms with E-state index < -0.39 is 0 Å². The quantitative estimate of drug-likeness (QED) is 0.917. The van der Waals surface area contributed by atoms with Crippen molar-refractivity contribution in [2.24, 2.45) is 5.92 Å². The third kappa shape index (κ3) is 4.38. The second-order valence-corrected chi connectivity index (χ2v) is 6.77. The van der Waals surface area contributed by atoms with Crippen LogP contribution in [0.4, 0.5) is 10.5 Å². The molecule has 2 aliphatic rings. The topological polar surface area (TPSA) is 57.7 Å². The number of nitrogens with zero attached hydrogens (tertiary/aromatic N) is 3. The van der Waals surface area contributed by atoms with Gasteiger partial charge in [-0.2, -0.15) is 0 Å². The SMILES string of the molecule is C[C@@H]1COCCN1C(=O)NCCC1CCN(c2ccncc2)CC1. The first-order valence-electron chi connectivity index (χ1n) is 9.01. The zero-order valence-electron chi connectivity index (χ0n) is 14.5. The molecule has 2 saturated heterocycles. The van der Waals surface area contributed by atoms with Gasteiger partial charge in [-0.15, -0.1) is 0 Å². The zero-order chi connectivity index (χ0) is 16.8. The van der Waals surface area contributed by atoms with Crippen LogP contribution in [0.2, 0.25) is 0 Å². The number of carbonyl (C=O) groups excluding carboxylic acids is 1. The number of hydrogen-bond donors (Lipinski definition) is 1. The molecule has 0 spiro atoms. The van der Waals surface area contributed by atoms with E-state index in [0.29, 0.717) is 25.7 Å². The van der Waals surface area contributed by atoms with Gasteiger partial charge in [0, 0.05) is 44.3 Å². The number of ether oxygens (including phenoxy) is 1. The van der Waals surface area contributed by atoms with Crippen molar-refractivity contribution in [2.75, 3.05) is 44.3 Å². The predicted molar refractivity (Wildman–Crippen MR) is 94.2 cm³/mol. The van der Waals surface area contributed by atoms with Gasteiger partial charge in [0.05, 0.1) is 19.3 Å². The van der Waals surface area contributed by atoms with Gasteiger partial charge in [-0.25, -0.2) is 4.79 Å². The summed E-state index contributed by atoms with van der Waals surface area (Å²) >= 11 is 0. The number of anilines is 1. The Morgan fingerprint density at radius 3 is 2.75 bits per heavy atom. The molecule has 132 valence electrons. The number of carbonyl (C=O) groups is 1. The van der Waals surface area contributed by atoms with Gasteiger partial charge >= 0.3 is 6.03 Å². The molecule has 1 aromatic heterocycles. The van der Waals surface area contributed by atoms with Crippen LogP contribution in [0.3, 0.4) is 0 Å². The van der Waals surface area contributed by atoms with Gasteiger partial charge in [0.1, 0.15) is 0 Å². The Morgan fingerprint density at radius 1 is 1.29 bits per heavy atom. The molecular formula is C18H28N4O2. The van der Waals surface area contributed by atoms with E-state index in [1.165, 1.54) is 18.5 Å². The Labute approximate surface area is 144 Å². The first-order valence-corrected chi connectivity index (χ1v) is 9.01. The minimum atomic E-state index is 0.0556. The summed E-state index contributed by atoms with van der Waals surface area (Å²) in [7, 11) is 0. The summed E-state index contributed by atoms with van der Waals surface area (Å²) in [4.78, 5) is 20.6. The highest BCUT2D eigenvalue weighted by molar-refractivity contribution is 5.74. The van der Waals surface area contributed by atoms with Crippen molar-refractivity contribution in [3.05, 3.63) is 24.5 Å². The van der Waals surface area contributed by atoms with Gasteiger partial charge in [0.2, 0.25) is 0 Å². The summed E-state index contributed by atoms with van der Waals surface area (Å²) < 4.78 is 5.38. The molecule has 6 heteroatoms. The molecule has 3 rings (SSSR count). The average molecular weight is 332 g/mol. The molecule has 2 amide bonds. The zero-order valence-corrected chi connectivity index (χ0v) is 14.5. The van der Waals surface area contributed by atoms with Crippen LogP contribution >= 0.6 is 0 Å². The van der Waals surface area contributed by atoms with Crippen LogP contribution in [0.1, 0.15) is 26.2 Å². The third-order valence-corrected chi connectivity index (χ3v) is 5.10. The molecule has 0 saturated carbocycles. The van der Waals surface area contributed by atoms with Crippen LogP contribution in [0.25, 0.3) is 0 Å². The summed E-state index contributed by atoms with van der Waals surface area (Å²) in [5.41, 5.74) is 1.26. The molecule has 2 fully saturated rings. The smallest absolute Gasteiger partial charge is 0.317 e. The molecule has 2 aliphatic heterocycles. The number of piperidine rings is 1. The molecule has 24 heavy (non-hydrogen) atoms. The van der Waals surface area contributed by atoms with Gasteiger partial charge in [-0.05, 0) is 44.2 Å². The lowest BCUT2D eigenvalue weighted by Crippen LogP contribution is -2.51. The largest absolute Gasteiger partial charge is 0.377 e. The molecule has 0 aromatic carbocycles. The molecule has 1 N–H and O–H groups in total. The Bertz CT molecular complexity index is 517. The van der Waals surface area contributed by atoms with Crippen molar-refractivity contribution in [1.82, 2.24) is 15.2 Å². The highest BCUT2D eigenvalue weighted by Crippen LogP contribution is 2.24. The average Bonchev–Trinajstić information content (AvgIpc) is 2.63. The lowest BCUT2D eigenvalue weighted by Gasteiger charge is -2.35. The third-order valence-electron chi connectivity index (χ3n) is 5.10. The fraction of sp³-hybridized carbons (Fsp3) is 0.667. The number of amides is 2. The lowest BCUT2D eigenvalue weighted by atomic mass is 9.93. The van der Waals surface area contributed by atoms with E-state index in [1.54, 1.807) is 0 Å². The summed E-state index contributed by atoms with van der Waals surface area (Å²) in [5.74, 6) is 0.700. The minimum absolute atomic E-state index is 0.0556. The van der Waals surface area contributed by atoms with Crippen molar-refractivity contribution in [3.63, 3.8) is 0 Å². The molecule has 3 heterocycles. The summed E-state index contributed by atoms with van der Waals surface area (Å²) in [6.45, 7) is 6.95. The first kappa shape index (κ1) is 17.0. The molecule has 6 nitrogen and oxygen atoms in total. The van der Waals surface area contributed by atoms with Crippen LogP contribution in [0.5, 0.6) is 0 Å². The van der Waals surface area contributed by atoms with E-state index in [2.05, 4.69) is 27.3 Å². The number of morpholine rings is 1. The van der Waals surface area contributed by atoms with E-state index >= 15 is 0 Å². The molecule has 0 radical (unpaired) electrons. The predicted octanol–water partition coefficient (Wildman–Crippen LogP) is 2.12. The van der Waals surface area contributed by atoms with E-state index in [0.717, 1.165) is 26.1 Å². The van der Waals surface area contributed by atoms with Crippen molar-refractivity contribution in [2.45, 2.75) is 32.2 Å². The van der Waals surface area contributed by atoms with Crippen LogP contribution in [0, 0.1) is 5.92 Å². The molecule has 0 aliphatic carbocycles. The van der Waals surface area contributed by atoms with Crippen molar-refractivity contribution < 1.29 is 9.53 Å². The number of urea groups is 1.